The number of furan rings is 1. The highest BCUT2D eigenvalue weighted by molar-refractivity contribution is 5.85. The molecule has 19 heavy (non-hydrogen) atoms. The molecule has 0 saturated heterocycles. The number of fused-ring (bicyclic) bond motifs is 1. The molecule has 2 rings (SSSR count). The van der Waals surface area contributed by atoms with Gasteiger partial charge in [0, 0.05) is 18.7 Å². The summed E-state index contributed by atoms with van der Waals surface area (Å²) >= 11 is 0. The van der Waals surface area contributed by atoms with Gasteiger partial charge in [-0.3, -0.25) is 0 Å². The highest BCUT2D eigenvalue weighted by Gasteiger charge is 2.18. The van der Waals surface area contributed by atoms with Crippen molar-refractivity contribution in [3.63, 3.8) is 0 Å². The normalized spacial score (nSPS) is 11.7. The Morgan fingerprint density at radius 3 is 2.74 bits per heavy atom. The van der Waals surface area contributed by atoms with E-state index in [-0.39, 0.29) is 5.82 Å². The molecule has 0 saturated carbocycles. The topological polar surface area (TPSA) is 34.4 Å². The molecule has 104 valence electrons. The second-order valence-electron chi connectivity index (χ2n) is 5.04. The van der Waals surface area contributed by atoms with Gasteiger partial charge in [0.1, 0.15) is 17.2 Å². The summed E-state index contributed by atoms with van der Waals surface area (Å²) in [5.74, 6) is 0.492. The standard InChI is InChI=1S/C15H20FNO2/c1-9(2)17-7-13-11(8-18-4)14-12(16)6-5-10(3)15(14)19-13/h5-6,9,17H,7-8H2,1-4H3. The predicted octanol–water partition coefficient (Wildman–Crippen LogP) is 3.52. The Hall–Kier alpha value is -1.39. The van der Waals surface area contributed by atoms with Crippen molar-refractivity contribution >= 4 is 11.0 Å². The molecule has 2 aromatic rings. The van der Waals surface area contributed by atoms with Crippen LogP contribution in [0.25, 0.3) is 11.0 Å². The van der Waals surface area contributed by atoms with Crippen molar-refractivity contribution in [1.29, 1.82) is 0 Å². The first-order valence-electron chi connectivity index (χ1n) is 6.46. The Balaban J connectivity index is 2.53. The molecule has 1 aromatic carbocycles. The zero-order chi connectivity index (χ0) is 14.0. The van der Waals surface area contributed by atoms with E-state index in [9.17, 15) is 4.39 Å². The van der Waals surface area contributed by atoms with Crippen LogP contribution in [0.15, 0.2) is 16.5 Å². The third-order valence-corrected chi connectivity index (χ3v) is 3.13. The fourth-order valence-electron chi connectivity index (χ4n) is 2.14. The molecule has 0 amide bonds. The lowest BCUT2D eigenvalue weighted by molar-refractivity contribution is 0.183. The second-order valence-corrected chi connectivity index (χ2v) is 5.04. The summed E-state index contributed by atoms with van der Waals surface area (Å²) in [5.41, 5.74) is 2.35. The third-order valence-electron chi connectivity index (χ3n) is 3.13. The van der Waals surface area contributed by atoms with E-state index in [2.05, 4.69) is 19.2 Å². The molecule has 3 nitrogen and oxygen atoms in total. The van der Waals surface area contributed by atoms with Gasteiger partial charge in [0.25, 0.3) is 0 Å². The summed E-state index contributed by atoms with van der Waals surface area (Å²) in [6.07, 6.45) is 0. The summed E-state index contributed by atoms with van der Waals surface area (Å²) < 4.78 is 25.0. The molecule has 0 bridgehead atoms. The SMILES string of the molecule is COCc1c(CNC(C)C)oc2c(C)ccc(F)c12. The zero-order valence-electron chi connectivity index (χ0n) is 11.8. The van der Waals surface area contributed by atoms with Crippen molar-refractivity contribution in [2.24, 2.45) is 0 Å². The van der Waals surface area contributed by atoms with Crippen molar-refractivity contribution in [3.8, 4) is 0 Å². The van der Waals surface area contributed by atoms with Crippen molar-refractivity contribution in [3.05, 3.63) is 34.8 Å². The van der Waals surface area contributed by atoms with Gasteiger partial charge in [-0.05, 0) is 18.6 Å². The summed E-state index contributed by atoms with van der Waals surface area (Å²) in [4.78, 5) is 0. The molecule has 1 aromatic heterocycles. The third kappa shape index (κ3) is 2.80. The number of hydrogen-bond acceptors (Lipinski definition) is 3. The van der Waals surface area contributed by atoms with Gasteiger partial charge in [0.2, 0.25) is 0 Å². The quantitative estimate of drug-likeness (QED) is 0.898. The maximum atomic E-state index is 14.0. The van der Waals surface area contributed by atoms with Gasteiger partial charge < -0.3 is 14.5 Å². The lowest BCUT2D eigenvalue weighted by Gasteiger charge is -2.07. The Morgan fingerprint density at radius 1 is 1.37 bits per heavy atom. The summed E-state index contributed by atoms with van der Waals surface area (Å²) in [6, 6.07) is 3.55. The molecule has 1 N–H and O–H groups in total. The fourth-order valence-corrected chi connectivity index (χ4v) is 2.14. The molecule has 1 heterocycles. The van der Waals surface area contributed by atoms with Crippen LogP contribution in [0.1, 0.15) is 30.7 Å². The van der Waals surface area contributed by atoms with E-state index in [0.717, 1.165) is 16.9 Å². The van der Waals surface area contributed by atoms with E-state index >= 15 is 0 Å². The van der Waals surface area contributed by atoms with Crippen LogP contribution in [0, 0.1) is 12.7 Å². The molecule has 0 atom stereocenters. The number of rotatable bonds is 5. The molecule has 0 spiro atoms. The Morgan fingerprint density at radius 2 is 2.11 bits per heavy atom. The van der Waals surface area contributed by atoms with Crippen molar-refractivity contribution < 1.29 is 13.5 Å². The van der Waals surface area contributed by atoms with E-state index in [1.807, 2.05) is 6.92 Å². The van der Waals surface area contributed by atoms with Crippen LogP contribution >= 0.6 is 0 Å². The average molecular weight is 265 g/mol. The van der Waals surface area contributed by atoms with E-state index in [1.165, 1.54) is 6.07 Å². The largest absolute Gasteiger partial charge is 0.459 e. The Kier molecular flexibility index (Phi) is 4.22. The predicted molar refractivity (Wildman–Crippen MR) is 73.6 cm³/mol. The van der Waals surface area contributed by atoms with Crippen LogP contribution in [0.4, 0.5) is 4.39 Å². The molecule has 0 aliphatic heterocycles. The van der Waals surface area contributed by atoms with Gasteiger partial charge in [0.05, 0.1) is 18.5 Å². The smallest absolute Gasteiger partial charge is 0.140 e. The van der Waals surface area contributed by atoms with Gasteiger partial charge in [-0.25, -0.2) is 4.39 Å². The van der Waals surface area contributed by atoms with Crippen LogP contribution in [-0.4, -0.2) is 13.2 Å². The molecule has 0 unspecified atom stereocenters. The maximum absolute atomic E-state index is 14.0. The van der Waals surface area contributed by atoms with Crippen LogP contribution in [0.3, 0.4) is 0 Å². The number of aryl methyl sites for hydroxylation is 1. The van der Waals surface area contributed by atoms with E-state index in [0.29, 0.717) is 30.2 Å². The minimum absolute atomic E-state index is 0.257. The first kappa shape index (κ1) is 14.0. The van der Waals surface area contributed by atoms with Gasteiger partial charge in [0.15, 0.2) is 0 Å². The minimum Gasteiger partial charge on any atom is -0.459 e. The maximum Gasteiger partial charge on any atom is 0.140 e. The van der Waals surface area contributed by atoms with Crippen molar-refractivity contribution in [1.82, 2.24) is 5.32 Å². The molecule has 4 heteroatoms. The molecule has 0 fully saturated rings. The van der Waals surface area contributed by atoms with Crippen molar-refractivity contribution in [2.75, 3.05) is 7.11 Å². The number of nitrogens with one attached hydrogen (secondary N) is 1. The first-order chi connectivity index (χ1) is 9.04. The summed E-state index contributed by atoms with van der Waals surface area (Å²) in [7, 11) is 1.60. The average Bonchev–Trinajstić information content (AvgIpc) is 2.72. The van der Waals surface area contributed by atoms with Crippen LogP contribution < -0.4 is 5.32 Å². The molecule has 0 aliphatic rings. The highest BCUT2D eigenvalue weighted by Crippen LogP contribution is 2.31. The van der Waals surface area contributed by atoms with Crippen LogP contribution in [-0.2, 0) is 17.9 Å². The van der Waals surface area contributed by atoms with Gasteiger partial charge >= 0.3 is 0 Å². The number of halogens is 1. The van der Waals surface area contributed by atoms with Gasteiger partial charge in [-0.1, -0.05) is 19.9 Å². The summed E-state index contributed by atoms with van der Waals surface area (Å²) in [5, 5.41) is 3.83. The summed E-state index contributed by atoms with van der Waals surface area (Å²) in [6.45, 7) is 6.96. The Bertz CT molecular complexity index is 575. The monoisotopic (exact) mass is 265 g/mol. The second kappa shape index (κ2) is 5.72. The lowest BCUT2D eigenvalue weighted by Crippen LogP contribution is -2.22. The lowest BCUT2D eigenvalue weighted by atomic mass is 10.1. The molecule has 0 aliphatic carbocycles. The number of methoxy groups -OCH3 is 1. The molecular weight excluding hydrogens is 245 g/mol. The molecular formula is C15H20FNO2. The van der Waals surface area contributed by atoms with Crippen molar-refractivity contribution in [2.45, 2.75) is 40.0 Å². The van der Waals surface area contributed by atoms with Gasteiger partial charge in [-0.15, -0.1) is 0 Å². The fraction of sp³-hybridized carbons (Fsp3) is 0.467. The first-order valence-corrected chi connectivity index (χ1v) is 6.46. The van der Waals surface area contributed by atoms with Crippen LogP contribution in [0.5, 0.6) is 0 Å². The van der Waals surface area contributed by atoms with E-state index < -0.39 is 0 Å². The highest BCUT2D eigenvalue weighted by atomic mass is 19.1. The van der Waals surface area contributed by atoms with Crippen LogP contribution in [0.2, 0.25) is 0 Å². The number of hydrogen-bond donors (Lipinski definition) is 1. The zero-order valence-corrected chi connectivity index (χ0v) is 11.8. The minimum atomic E-state index is -0.257. The Labute approximate surface area is 112 Å². The van der Waals surface area contributed by atoms with Gasteiger partial charge in [-0.2, -0.15) is 0 Å². The number of ether oxygens (including phenoxy) is 1. The van der Waals surface area contributed by atoms with E-state index in [1.54, 1.807) is 13.2 Å². The number of benzene rings is 1. The molecule has 0 radical (unpaired) electrons. The van der Waals surface area contributed by atoms with E-state index in [4.69, 9.17) is 9.15 Å².